The van der Waals surface area contributed by atoms with Crippen molar-refractivity contribution < 1.29 is 96.3 Å². The van der Waals surface area contributed by atoms with Gasteiger partial charge in [0.2, 0.25) is 0 Å². The van der Waals surface area contributed by atoms with E-state index in [1.807, 2.05) is 0 Å². The first-order valence-corrected chi connectivity index (χ1v) is 14.0. The van der Waals surface area contributed by atoms with Gasteiger partial charge >= 0.3 is 86.5 Å². The van der Waals surface area contributed by atoms with Crippen molar-refractivity contribution in [1.82, 2.24) is 21.3 Å². The van der Waals surface area contributed by atoms with Crippen LogP contribution in [0.15, 0.2) is 0 Å². The number of rotatable bonds is 4. The van der Waals surface area contributed by atoms with E-state index < -0.39 is 0 Å². The van der Waals surface area contributed by atoms with E-state index >= 15 is 0 Å². The van der Waals surface area contributed by atoms with Gasteiger partial charge in [-0.2, -0.15) is 10.5 Å². The fraction of sp³-hybridized carbons (Fsp3) is 0.643. The Bertz CT molecular complexity index is 995. The zero-order valence-electron chi connectivity index (χ0n) is 27.6. The van der Waals surface area contributed by atoms with Crippen LogP contribution in [0.25, 0.3) is 0 Å². The van der Waals surface area contributed by atoms with Crippen molar-refractivity contribution >= 4 is 47.5 Å². The molecule has 4 unspecified atom stereocenters. The van der Waals surface area contributed by atoms with Gasteiger partial charge in [-0.1, -0.05) is 0 Å². The predicted molar refractivity (Wildman–Crippen MR) is 163 cm³/mol. The molecule has 270 valence electrons. The number of nitrogens with one attached hydrogen (secondary N) is 4. The number of esters is 4. The third kappa shape index (κ3) is 22.5. The second-order valence-electron chi connectivity index (χ2n) is 9.27. The van der Waals surface area contributed by atoms with E-state index in [2.05, 4.69) is 40.2 Å². The van der Waals surface area contributed by atoms with Crippen LogP contribution in [0.3, 0.4) is 0 Å². The maximum atomic E-state index is 10.8. The smallest absolute Gasteiger partial charge is 0.467 e. The van der Waals surface area contributed by atoms with Crippen LogP contribution in [-0.2, 0) is 77.1 Å². The van der Waals surface area contributed by atoms with E-state index in [9.17, 15) is 19.2 Å². The van der Waals surface area contributed by atoms with Gasteiger partial charge in [-0.3, -0.25) is 40.4 Å². The maximum Gasteiger partial charge on any atom is 2.00 e. The molecule has 0 aromatic heterocycles. The minimum absolute atomic E-state index is 0. The molecule has 20 heteroatoms. The number of ether oxygens (including phenoxy) is 4. The minimum atomic E-state index is -0.343. The molecule has 4 saturated heterocycles. The van der Waals surface area contributed by atoms with Gasteiger partial charge in [-0.05, 0) is 25.7 Å². The average molecular weight is 865 g/mol. The molecule has 4 fully saturated rings. The molecular formula is C28H46N6O12Rh2+8. The molecule has 4 aliphatic rings. The van der Waals surface area contributed by atoms with Crippen LogP contribution < -0.4 is 21.3 Å². The van der Waals surface area contributed by atoms with Crippen LogP contribution in [0.5, 0.6) is 0 Å². The number of amides is 4. The zero-order chi connectivity index (χ0) is 35.7. The number of carbonyl (C=O) groups is 4. The first-order chi connectivity index (χ1) is 21.8. The summed E-state index contributed by atoms with van der Waals surface area (Å²) in [5.41, 5.74) is 0. The predicted octanol–water partition coefficient (Wildman–Crippen LogP) is -1.29. The van der Waals surface area contributed by atoms with E-state index in [-0.39, 0.29) is 111 Å². The Balaban J connectivity index is -0.000000251. The van der Waals surface area contributed by atoms with Gasteiger partial charge in [0.1, 0.15) is 24.2 Å². The Morgan fingerprint density at radius 2 is 0.667 bits per heavy atom. The Morgan fingerprint density at radius 3 is 0.750 bits per heavy atom. The van der Waals surface area contributed by atoms with E-state index in [1.54, 1.807) is 12.1 Å². The molecule has 2 radical (unpaired) electrons. The summed E-state index contributed by atoms with van der Waals surface area (Å²) in [5.74, 6) is -0.558. The third-order valence-corrected chi connectivity index (χ3v) is 5.99. The van der Waals surface area contributed by atoms with E-state index in [4.69, 9.17) is 29.7 Å². The largest absolute Gasteiger partial charge is 2.00 e. The van der Waals surface area contributed by atoms with Gasteiger partial charge in [0, 0.05) is 13.8 Å². The molecule has 4 amide bonds. The number of nitriles is 2. The molecule has 4 rings (SSSR count). The minimum Gasteiger partial charge on any atom is -0.467 e. The van der Waals surface area contributed by atoms with Crippen molar-refractivity contribution in [1.29, 1.82) is 10.5 Å². The summed E-state index contributed by atoms with van der Waals surface area (Å²) in [4.78, 5) is 78.4. The molecule has 4 atom stereocenters. The summed E-state index contributed by atoms with van der Waals surface area (Å²) in [5, 5.41) is 25.0. The van der Waals surface area contributed by atoms with Crippen LogP contribution in [-0.4, -0.2) is 119 Å². The molecule has 48 heavy (non-hydrogen) atoms. The van der Waals surface area contributed by atoms with E-state index in [1.165, 1.54) is 42.3 Å². The van der Waals surface area contributed by atoms with Crippen LogP contribution in [0.4, 0.5) is 0 Å². The normalized spacial score (nSPS) is 20.4. The first kappa shape index (κ1) is 50.8. The van der Waals surface area contributed by atoms with Gasteiger partial charge in [0.15, 0.2) is 0 Å². The summed E-state index contributed by atoms with van der Waals surface area (Å²) in [6.45, 7) is 2.86. The molecule has 8 N–H and O–H groups in total. The zero-order valence-corrected chi connectivity index (χ0v) is 30.9. The quantitative estimate of drug-likeness (QED) is 0.112. The van der Waals surface area contributed by atoms with Crippen molar-refractivity contribution in [2.75, 3.05) is 28.4 Å². The standard InChI is InChI=1S/4C6H9NO3.2C2H3N.2Rh/c4*1-10-6(9)4-2-3-5(8)7-4;2*1-2-3;;/h4*4H,2-3H2,1H3,(H,7,8);2*1H3;;/q;;;;;;2*+2/p+4. The number of hydrogen-bond donors (Lipinski definition) is 4. The topological polar surface area (TPSA) is 286 Å². The summed E-state index contributed by atoms with van der Waals surface area (Å²) in [6, 6.07) is 2.13. The van der Waals surface area contributed by atoms with Gasteiger partial charge in [-0.15, -0.1) is 0 Å². The molecule has 4 heterocycles. The molecule has 0 aromatic rings. The van der Waals surface area contributed by atoms with Gasteiger partial charge in [0.05, 0.1) is 66.3 Å². The molecular weight excluding hydrogens is 818 g/mol. The Hall–Kier alpha value is -4.01. The van der Waals surface area contributed by atoms with Crippen LogP contribution in [0, 0.1) is 22.7 Å². The molecule has 0 bridgehead atoms. The van der Waals surface area contributed by atoms with Crippen molar-refractivity contribution in [3.63, 3.8) is 0 Å². The second kappa shape index (κ2) is 30.3. The van der Waals surface area contributed by atoms with Crippen molar-refractivity contribution in [2.45, 2.75) is 89.4 Å². The summed E-state index contributed by atoms with van der Waals surface area (Å²) in [7, 11) is 5.33. The van der Waals surface area contributed by atoms with Gasteiger partial charge < -0.3 is 18.9 Å². The Morgan fingerprint density at radius 1 is 0.521 bits per heavy atom. The fourth-order valence-corrected chi connectivity index (χ4v) is 3.78. The van der Waals surface area contributed by atoms with Gasteiger partial charge in [-0.25, -0.2) is 19.2 Å². The summed E-state index contributed by atoms with van der Waals surface area (Å²) < 4.78 is 17.8. The van der Waals surface area contributed by atoms with Crippen LogP contribution >= 0.6 is 0 Å². The van der Waals surface area contributed by atoms with Crippen molar-refractivity contribution in [3.8, 4) is 12.1 Å². The monoisotopic (exact) mass is 864 g/mol. The fourth-order valence-electron chi connectivity index (χ4n) is 3.78. The number of nitrogens with zero attached hydrogens (tertiary/aromatic N) is 2. The van der Waals surface area contributed by atoms with Crippen molar-refractivity contribution in [3.05, 3.63) is 0 Å². The van der Waals surface area contributed by atoms with E-state index in [0.29, 0.717) is 51.4 Å². The van der Waals surface area contributed by atoms with Crippen LogP contribution in [0.2, 0.25) is 0 Å². The Labute approximate surface area is 304 Å². The van der Waals surface area contributed by atoms with Crippen LogP contribution in [0.1, 0.15) is 65.2 Å². The molecule has 4 aliphatic heterocycles. The third-order valence-electron chi connectivity index (χ3n) is 5.99. The number of carbonyl (C=O) groups excluding carboxylic acids is 8. The summed E-state index contributed by atoms with van der Waals surface area (Å²) in [6.07, 6.45) is 4.66. The maximum absolute atomic E-state index is 10.8. The SMILES string of the molecule is CC#N.CC#N.COC(=O)C1CCC(=[OH+])N1.COC(=O)C1CCC(=[OH+])N1.COC(=O)C1CCC(=[OH+])N1.COC(=O)C1CCC(=[OH+])N1.[Rh+2].[Rh+2]. The molecule has 0 saturated carbocycles. The number of methoxy groups -OCH3 is 4. The summed E-state index contributed by atoms with van der Waals surface area (Å²) >= 11 is 0. The second-order valence-corrected chi connectivity index (χ2v) is 9.27. The molecule has 0 spiro atoms. The van der Waals surface area contributed by atoms with Gasteiger partial charge in [0.25, 0.3) is 0 Å². The molecule has 18 nitrogen and oxygen atoms in total. The van der Waals surface area contributed by atoms with Crippen molar-refractivity contribution in [2.24, 2.45) is 0 Å². The first-order valence-electron chi connectivity index (χ1n) is 14.0. The number of hydrogen-bond acceptors (Lipinski definition) is 10. The molecule has 0 aromatic carbocycles. The average Bonchev–Trinajstić information content (AvgIpc) is 3.86. The van der Waals surface area contributed by atoms with E-state index in [0.717, 1.165) is 0 Å². The molecule has 0 aliphatic carbocycles. The Kier molecular flexibility index (Phi) is 32.1.